The van der Waals surface area contributed by atoms with Gasteiger partial charge >= 0.3 is 0 Å². The highest BCUT2D eigenvalue weighted by Gasteiger charge is 2.53. The van der Waals surface area contributed by atoms with E-state index in [1.165, 1.54) is 18.3 Å². The number of para-hydroxylation sites is 1. The second-order valence-electron chi connectivity index (χ2n) is 8.59. The number of rotatable bonds is 3. The average Bonchev–Trinajstić information content (AvgIpc) is 3.37. The first-order chi connectivity index (χ1) is 16.4. The van der Waals surface area contributed by atoms with Gasteiger partial charge in [0.2, 0.25) is 5.72 Å². The first-order valence-corrected chi connectivity index (χ1v) is 12.0. The molecular formula is C26H19ClN2O4S. The van der Waals surface area contributed by atoms with E-state index >= 15 is 0 Å². The van der Waals surface area contributed by atoms with Crippen LogP contribution in [0.4, 0.5) is 0 Å². The van der Waals surface area contributed by atoms with Gasteiger partial charge in [-0.25, -0.2) is 4.99 Å². The van der Waals surface area contributed by atoms with Crippen LogP contribution in [0.1, 0.15) is 31.2 Å². The topological polar surface area (TPSA) is 73.8 Å². The van der Waals surface area contributed by atoms with E-state index in [0.29, 0.717) is 31.6 Å². The normalized spacial score (nSPS) is 23.0. The Balaban J connectivity index is 1.53. The van der Waals surface area contributed by atoms with Crippen LogP contribution >= 0.6 is 22.9 Å². The number of hydrogen-bond acceptors (Lipinski definition) is 6. The van der Waals surface area contributed by atoms with Crippen LogP contribution in [-0.2, 0) is 4.79 Å². The molecule has 2 bridgehead atoms. The van der Waals surface area contributed by atoms with Gasteiger partial charge < -0.3 is 9.15 Å². The predicted molar refractivity (Wildman–Crippen MR) is 130 cm³/mol. The number of furan rings is 1. The zero-order valence-corrected chi connectivity index (χ0v) is 19.9. The van der Waals surface area contributed by atoms with Gasteiger partial charge in [0.1, 0.15) is 29.0 Å². The van der Waals surface area contributed by atoms with E-state index in [4.69, 9.17) is 25.7 Å². The largest absolute Gasteiger partial charge is 0.465 e. The zero-order chi connectivity index (χ0) is 23.6. The third-order valence-electron chi connectivity index (χ3n) is 6.36. The summed E-state index contributed by atoms with van der Waals surface area (Å²) in [5, 5.41) is 0.586. The molecule has 0 N–H and O–H groups in total. The number of hydrogen-bond donors (Lipinski definition) is 0. The van der Waals surface area contributed by atoms with E-state index in [2.05, 4.69) is 0 Å². The summed E-state index contributed by atoms with van der Waals surface area (Å²) in [6.45, 7) is 3.33. The minimum absolute atomic E-state index is 0.0737. The molecule has 8 heteroatoms. The van der Waals surface area contributed by atoms with E-state index in [1.54, 1.807) is 22.8 Å². The smallest absolute Gasteiger partial charge is 0.271 e. The fourth-order valence-corrected chi connectivity index (χ4v) is 6.23. The molecule has 3 unspecified atom stereocenters. The molecule has 0 amide bonds. The van der Waals surface area contributed by atoms with Crippen LogP contribution in [0.2, 0.25) is 5.02 Å². The monoisotopic (exact) mass is 490 g/mol. The minimum Gasteiger partial charge on any atom is -0.465 e. The summed E-state index contributed by atoms with van der Waals surface area (Å²) in [6.07, 6.45) is 1.70. The van der Waals surface area contributed by atoms with Crippen LogP contribution < -0.4 is 19.6 Å². The van der Waals surface area contributed by atoms with Crippen molar-refractivity contribution in [1.29, 1.82) is 0 Å². The molecule has 0 saturated carbocycles. The van der Waals surface area contributed by atoms with Gasteiger partial charge in [-0.05, 0) is 44.2 Å². The highest BCUT2D eigenvalue weighted by molar-refractivity contribution is 7.07. The maximum atomic E-state index is 13.6. The standard InChI is InChI=1S/C26H19ClN2O4S/c1-14(30)22-23-17-8-4-6-10-20(17)33-26(22,2)28-25-29(23)24(31)21(34-25)13-15-11-12-19(32-15)16-7-3-5-9-18(16)27/h3-13,22-23H,1-2H3. The summed E-state index contributed by atoms with van der Waals surface area (Å²) in [6, 6.07) is 18.1. The van der Waals surface area contributed by atoms with E-state index < -0.39 is 17.7 Å². The summed E-state index contributed by atoms with van der Waals surface area (Å²) in [5.74, 6) is 1.10. The zero-order valence-electron chi connectivity index (χ0n) is 18.3. The molecule has 2 aliphatic heterocycles. The number of carbonyl (C=O) groups excluding carboxylic acids is 1. The Bertz CT molecular complexity index is 1650. The van der Waals surface area contributed by atoms with Crippen molar-refractivity contribution in [3.63, 3.8) is 0 Å². The third-order valence-corrected chi connectivity index (χ3v) is 7.67. The van der Waals surface area contributed by atoms with Crippen LogP contribution in [0.15, 0.2) is 74.9 Å². The maximum Gasteiger partial charge on any atom is 0.271 e. The van der Waals surface area contributed by atoms with Gasteiger partial charge in [0.25, 0.3) is 5.56 Å². The van der Waals surface area contributed by atoms with Gasteiger partial charge in [-0.1, -0.05) is 53.3 Å². The Labute approximate surface area is 203 Å². The fourth-order valence-electron chi connectivity index (χ4n) is 4.92. The predicted octanol–water partition coefficient (Wildman–Crippen LogP) is 4.19. The molecule has 170 valence electrons. The van der Waals surface area contributed by atoms with Gasteiger partial charge in [-0.3, -0.25) is 14.2 Å². The first kappa shape index (κ1) is 21.1. The van der Waals surface area contributed by atoms with Crippen molar-refractivity contribution in [3.8, 4) is 17.1 Å². The van der Waals surface area contributed by atoms with E-state index in [9.17, 15) is 9.59 Å². The molecule has 2 aliphatic rings. The molecular weight excluding hydrogens is 472 g/mol. The van der Waals surface area contributed by atoms with Crippen molar-refractivity contribution in [1.82, 2.24) is 4.57 Å². The molecule has 2 aromatic heterocycles. The van der Waals surface area contributed by atoms with Crippen molar-refractivity contribution in [2.45, 2.75) is 25.6 Å². The minimum atomic E-state index is -1.08. The number of benzene rings is 2. The number of carbonyl (C=O) groups is 1. The lowest BCUT2D eigenvalue weighted by molar-refractivity contribution is -0.132. The summed E-state index contributed by atoms with van der Waals surface area (Å²) >= 11 is 7.55. The van der Waals surface area contributed by atoms with Crippen molar-refractivity contribution >= 4 is 34.8 Å². The van der Waals surface area contributed by atoms with E-state index in [-0.39, 0.29) is 11.3 Å². The highest BCUT2D eigenvalue weighted by Crippen LogP contribution is 2.47. The quantitative estimate of drug-likeness (QED) is 0.431. The van der Waals surface area contributed by atoms with Crippen molar-refractivity contribution < 1.29 is 13.9 Å². The van der Waals surface area contributed by atoms with Crippen LogP contribution in [0, 0.1) is 5.92 Å². The SMILES string of the molecule is CC(=O)C1C2c3ccccc3OC1(C)N=c1sc(=Cc3ccc(-c4ccccc4Cl)o3)c(=O)n12. The lowest BCUT2D eigenvalue weighted by Crippen LogP contribution is -2.58. The lowest BCUT2D eigenvalue weighted by atomic mass is 9.79. The number of thiazole rings is 1. The Morgan fingerprint density at radius 1 is 1.15 bits per heavy atom. The Kier molecular flexibility index (Phi) is 4.69. The molecule has 6 rings (SSSR count). The van der Waals surface area contributed by atoms with Crippen LogP contribution in [0.3, 0.4) is 0 Å². The maximum absolute atomic E-state index is 13.6. The van der Waals surface area contributed by atoms with Crippen molar-refractivity contribution in [3.05, 3.63) is 96.7 Å². The van der Waals surface area contributed by atoms with Gasteiger partial charge in [-0.2, -0.15) is 0 Å². The molecule has 6 nitrogen and oxygen atoms in total. The van der Waals surface area contributed by atoms with E-state index in [1.807, 2.05) is 55.5 Å². The van der Waals surface area contributed by atoms with Gasteiger partial charge in [0.15, 0.2) is 4.80 Å². The van der Waals surface area contributed by atoms with Gasteiger partial charge in [0, 0.05) is 17.2 Å². The molecule has 2 aromatic carbocycles. The van der Waals surface area contributed by atoms with Crippen LogP contribution in [-0.4, -0.2) is 16.1 Å². The second-order valence-corrected chi connectivity index (χ2v) is 10.0. The molecule has 0 aliphatic carbocycles. The second kappa shape index (κ2) is 7.55. The molecule has 0 fully saturated rings. The number of fused-ring (bicyclic) bond motifs is 6. The molecule has 0 radical (unpaired) electrons. The van der Waals surface area contributed by atoms with Gasteiger partial charge in [0.05, 0.1) is 15.6 Å². The molecule has 0 saturated heterocycles. The Morgan fingerprint density at radius 2 is 1.91 bits per heavy atom. The number of nitrogens with zero attached hydrogens (tertiary/aromatic N) is 2. The number of aromatic nitrogens is 1. The third kappa shape index (κ3) is 3.11. The Morgan fingerprint density at radius 3 is 2.71 bits per heavy atom. The summed E-state index contributed by atoms with van der Waals surface area (Å²) in [5.41, 5.74) is 0.290. The molecule has 34 heavy (non-hydrogen) atoms. The molecule has 0 spiro atoms. The lowest BCUT2D eigenvalue weighted by Gasteiger charge is -2.45. The Hall–Kier alpha value is -3.42. The van der Waals surface area contributed by atoms with Gasteiger partial charge in [-0.15, -0.1) is 0 Å². The first-order valence-electron chi connectivity index (χ1n) is 10.8. The summed E-state index contributed by atoms with van der Waals surface area (Å²) < 4.78 is 14.3. The van der Waals surface area contributed by atoms with Crippen LogP contribution in [0.5, 0.6) is 5.75 Å². The summed E-state index contributed by atoms with van der Waals surface area (Å²) in [7, 11) is 0. The number of ether oxygens (including phenoxy) is 1. The number of Topliss-reactive ketones (excluding diaryl/α,β-unsaturated/α-hetero) is 1. The fraction of sp³-hybridized carbons (Fsp3) is 0.192. The van der Waals surface area contributed by atoms with Crippen molar-refractivity contribution in [2.75, 3.05) is 0 Å². The molecule has 4 heterocycles. The number of ketones is 1. The van der Waals surface area contributed by atoms with E-state index in [0.717, 1.165) is 11.1 Å². The average molecular weight is 491 g/mol. The number of halogens is 1. The molecule has 3 atom stereocenters. The van der Waals surface area contributed by atoms with Crippen LogP contribution in [0.25, 0.3) is 17.4 Å². The van der Waals surface area contributed by atoms with Crippen molar-refractivity contribution in [2.24, 2.45) is 10.9 Å². The summed E-state index contributed by atoms with van der Waals surface area (Å²) in [4.78, 5) is 31.6. The highest BCUT2D eigenvalue weighted by atomic mass is 35.5. The molecule has 4 aromatic rings.